The molecule has 1 aromatic carbocycles. The maximum Gasteiger partial charge on any atom is 0.233 e. The fourth-order valence-corrected chi connectivity index (χ4v) is 2.56. The van der Waals surface area contributed by atoms with Gasteiger partial charge in [-0.2, -0.15) is 0 Å². The highest BCUT2D eigenvalue weighted by molar-refractivity contribution is 5.92. The summed E-state index contributed by atoms with van der Waals surface area (Å²) in [5.41, 5.74) is 4.75. The molecule has 1 aromatic rings. The Morgan fingerprint density at radius 1 is 1.42 bits per heavy atom. The zero-order chi connectivity index (χ0) is 17.5. The largest absolute Gasteiger partial charge is 0.342 e. The van der Waals surface area contributed by atoms with E-state index in [4.69, 9.17) is 12.6 Å². The molecule has 3 nitrogen and oxygen atoms in total. The van der Waals surface area contributed by atoms with E-state index in [1.54, 1.807) is 4.90 Å². The van der Waals surface area contributed by atoms with Crippen molar-refractivity contribution in [3.63, 3.8) is 0 Å². The Bertz CT molecular complexity index is 624. The number of hydrogen-bond donors (Lipinski definition) is 1. The maximum absolute atomic E-state index is 13.0. The fraction of sp³-hybridized carbons (Fsp3) is 0.533. The third-order valence-corrected chi connectivity index (χ3v) is 3.77. The predicted octanol–water partition coefficient (Wildman–Crippen LogP) is 2.19. The Labute approximate surface area is 128 Å². The second-order valence-electron chi connectivity index (χ2n) is 4.59. The van der Waals surface area contributed by atoms with Crippen LogP contribution < -0.4 is 5.73 Å². The molecule has 0 unspecified atom stereocenters. The lowest BCUT2D eigenvalue weighted by Gasteiger charge is -2.26. The minimum Gasteiger partial charge on any atom is -0.342 e. The molecule has 0 aromatic heterocycles. The standard InChI is InChI=1S/C15H22N2O.ClH/c1-3-17(4-2)14(18)15(10-13(15)11-16)12-8-6-5-7-9-12;/h5-9,13H,3-4,10-11,16H2,1-2H3;1H/t13-,15+;/m0./s1/i5D,6D,7D,8D,9D;. The number of carbonyl (C=O) groups excluding carboxylic acids is 1. The average Bonchev–Trinajstić information content (AvgIpc) is 3.27. The lowest BCUT2D eigenvalue weighted by molar-refractivity contribution is -0.134. The van der Waals surface area contributed by atoms with Crippen molar-refractivity contribution in [3.8, 4) is 0 Å². The molecule has 0 heterocycles. The molecule has 1 amide bonds. The third-order valence-electron chi connectivity index (χ3n) is 3.77. The summed E-state index contributed by atoms with van der Waals surface area (Å²) in [7, 11) is 0. The molecule has 2 rings (SSSR count). The lowest BCUT2D eigenvalue weighted by Crippen LogP contribution is -2.40. The molecule has 106 valence electrons. The maximum atomic E-state index is 13.0. The van der Waals surface area contributed by atoms with Gasteiger partial charge in [0, 0.05) is 13.1 Å². The van der Waals surface area contributed by atoms with Gasteiger partial charge in [0.25, 0.3) is 0 Å². The Kier molecular flexibility index (Phi) is 3.29. The van der Waals surface area contributed by atoms with Gasteiger partial charge in [-0.05, 0) is 38.3 Å². The molecule has 1 aliphatic carbocycles. The number of likely N-dealkylation sites (N-methyl/N-ethyl adjacent to an activating group) is 1. The van der Waals surface area contributed by atoms with Gasteiger partial charge in [-0.15, -0.1) is 12.4 Å². The van der Waals surface area contributed by atoms with Crippen LogP contribution in [-0.4, -0.2) is 30.4 Å². The minimum absolute atomic E-state index is 0. The van der Waals surface area contributed by atoms with Crippen LogP contribution in [0.15, 0.2) is 30.2 Å². The molecule has 1 fully saturated rings. The molecule has 1 aliphatic rings. The van der Waals surface area contributed by atoms with Crippen molar-refractivity contribution in [2.75, 3.05) is 19.6 Å². The van der Waals surface area contributed by atoms with Gasteiger partial charge < -0.3 is 10.6 Å². The number of nitrogens with zero attached hydrogens (tertiary/aromatic N) is 1. The molecule has 2 atom stereocenters. The van der Waals surface area contributed by atoms with Gasteiger partial charge in [-0.3, -0.25) is 4.79 Å². The smallest absolute Gasteiger partial charge is 0.233 e. The van der Waals surface area contributed by atoms with Gasteiger partial charge in [0.05, 0.1) is 12.3 Å². The van der Waals surface area contributed by atoms with E-state index in [1.807, 2.05) is 13.8 Å². The Morgan fingerprint density at radius 2 is 2.00 bits per heavy atom. The number of benzene rings is 1. The highest BCUT2D eigenvalue weighted by Gasteiger charge is 2.61. The monoisotopic (exact) mass is 287 g/mol. The number of hydrogen-bond acceptors (Lipinski definition) is 2. The molecule has 1 saturated carbocycles. The summed E-state index contributed by atoms with van der Waals surface area (Å²) in [6, 6.07) is -1.86. The van der Waals surface area contributed by atoms with Crippen LogP contribution in [0, 0.1) is 5.92 Å². The van der Waals surface area contributed by atoms with Crippen LogP contribution in [0.3, 0.4) is 0 Å². The first kappa shape index (κ1) is 9.78. The normalized spacial score (nSPS) is 28.2. The summed E-state index contributed by atoms with van der Waals surface area (Å²) < 4.78 is 39.7. The minimum atomic E-state index is -1.09. The Hall–Kier alpha value is -1.06. The molecule has 4 heteroatoms. The van der Waals surface area contributed by atoms with Crippen LogP contribution in [0.25, 0.3) is 0 Å². The van der Waals surface area contributed by atoms with Gasteiger partial charge in [-0.1, -0.05) is 30.2 Å². The molecule has 2 N–H and O–H groups in total. The lowest BCUT2D eigenvalue weighted by atomic mass is 9.91. The van der Waals surface area contributed by atoms with Gasteiger partial charge in [0.2, 0.25) is 5.91 Å². The molecule has 0 radical (unpaired) electrons. The quantitative estimate of drug-likeness (QED) is 0.902. The first-order valence-corrected chi connectivity index (χ1v) is 6.34. The van der Waals surface area contributed by atoms with Crippen LogP contribution in [-0.2, 0) is 10.2 Å². The number of carbonyl (C=O) groups is 1. The molecular formula is C15H23ClN2O. The summed E-state index contributed by atoms with van der Waals surface area (Å²) >= 11 is 0. The first-order chi connectivity index (χ1) is 10.8. The molecule has 0 bridgehead atoms. The number of rotatable bonds is 5. The molecule has 0 saturated heterocycles. The summed E-state index contributed by atoms with van der Waals surface area (Å²) in [6.45, 7) is 4.98. The van der Waals surface area contributed by atoms with Crippen molar-refractivity contribution in [2.45, 2.75) is 25.7 Å². The van der Waals surface area contributed by atoms with Crippen molar-refractivity contribution in [2.24, 2.45) is 11.7 Å². The van der Waals surface area contributed by atoms with Crippen molar-refractivity contribution < 1.29 is 11.6 Å². The summed E-state index contributed by atoms with van der Waals surface area (Å²) in [4.78, 5) is 14.6. The molecule has 19 heavy (non-hydrogen) atoms. The van der Waals surface area contributed by atoms with Gasteiger partial charge in [-0.25, -0.2) is 0 Å². The van der Waals surface area contributed by atoms with Crippen LogP contribution in [0.4, 0.5) is 0 Å². The second kappa shape index (κ2) is 6.40. The first-order valence-electron chi connectivity index (χ1n) is 8.84. The number of halogens is 1. The van der Waals surface area contributed by atoms with E-state index in [9.17, 15) is 4.79 Å². The van der Waals surface area contributed by atoms with Crippen molar-refractivity contribution in [1.29, 1.82) is 0 Å². The fourth-order valence-electron chi connectivity index (χ4n) is 2.56. The molecule has 0 aliphatic heterocycles. The van der Waals surface area contributed by atoms with Crippen molar-refractivity contribution in [1.82, 2.24) is 4.90 Å². The van der Waals surface area contributed by atoms with Gasteiger partial charge in [0.1, 0.15) is 0 Å². The SMILES string of the molecule is Cl.[2H]c1c([2H])c([2H])c([C@]2(C(=O)N(CC)CC)C[C@H]2CN)c([2H])c1[2H]. The zero-order valence-corrected chi connectivity index (χ0v) is 12.1. The highest BCUT2D eigenvalue weighted by Crippen LogP contribution is 2.54. The topological polar surface area (TPSA) is 46.3 Å². The molecule has 0 spiro atoms. The molecular weight excluding hydrogens is 260 g/mol. The summed E-state index contributed by atoms with van der Waals surface area (Å²) in [5, 5.41) is 0. The third kappa shape index (κ3) is 2.63. The average molecular weight is 288 g/mol. The van der Waals surface area contributed by atoms with Crippen molar-refractivity contribution >= 4 is 18.3 Å². The zero-order valence-electron chi connectivity index (χ0n) is 16.2. The van der Waals surface area contributed by atoms with Crippen LogP contribution >= 0.6 is 12.4 Å². The van der Waals surface area contributed by atoms with Gasteiger partial charge in [0.15, 0.2) is 0 Å². The summed E-state index contributed by atoms with van der Waals surface area (Å²) in [6.07, 6.45) is 0.423. The van der Waals surface area contributed by atoms with Crippen LogP contribution in [0.2, 0.25) is 0 Å². The second-order valence-corrected chi connectivity index (χ2v) is 4.59. The van der Waals surface area contributed by atoms with E-state index in [1.165, 1.54) is 0 Å². The number of nitrogens with two attached hydrogens (primary N) is 1. The predicted molar refractivity (Wildman–Crippen MR) is 80.5 cm³/mol. The van der Waals surface area contributed by atoms with Crippen LogP contribution in [0.1, 0.15) is 32.7 Å². The Morgan fingerprint density at radius 3 is 2.42 bits per heavy atom. The summed E-state index contributed by atoms with van der Waals surface area (Å²) in [5.74, 6) is -0.393. The van der Waals surface area contributed by atoms with E-state index in [-0.39, 0.29) is 48.4 Å². The highest BCUT2D eigenvalue weighted by atomic mass is 35.5. The van der Waals surface area contributed by atoms with E-state index in [0.717, 1.165) is 0 Å². The van der Waals surface area contributed by atoms with E-state index in [2.05, 4.69) is 0 Å². The van der Waals surface area contributed by atoms with Crippen molar-refractivity contribution in [3.05, 3.63) is 35.8 Å². The van der Waals surface area contributed by atoms with E-state index >= 15 is 0 Å². The number of amides is 1. The van der Waals surface area contributed by atoms with Gasteiger partial charge >= 0.3 is 0 Å². The Balaban J connectivity index is 0.00000288. The van der Waals surface area contributed by atoms with Crippen LogP contribution in [0.5, 0.6) is 0 Å². The van der Waals surface area contributed by atoms with E-state index < -0.39 is 23.5 Å². The van der Waals surface area contributed by atoms with E-state index in [0.29, 0.717) is 19.5 Å².